The number of ether oxygens (including phenoxy) is 1. The van der Waals surface area contributed by atoms with Crippen molar-refractivity contribution in [3.63, 3.8) is 0 Å². The van der Waals surface area contributed by atoms with E-state index in [9.17, 15) is 4.79 Å². The van der Waals surface area contributed by atoms with Crippen molar-refractivity contribution in [3.8, 4) is 0 Å². The van der Waals surface area contributed by atoms with E-state index < -0.39 is 0 Å². The van der Waals surface area contributed by atoms with Gasteiger partial charge in [-0.25, -0.2) is 0 Å². The van der Waals surface area contributed by atoms with Crippen molar-refractivity contribution in [2.24, 2.45) is 11.8 Å². The van der Waals surface area contributed by atoms with Crippen molar-refractivity contribution in [3.05, 3.63) is 17.5 Å². The number of carbonyl (C=O) groups is 1. The first-order valence-electron chi connectivity index (χ1n) is 7.57. The lowest BCUT2D eigenvalue weighted by atomic mass is 9.87. The quantitative estimate of drug-likeness (QED) is 0.901. The molecule has 1 N–H and O–H groups in total. The first-order chi connectivity index (χ1) is 10.1. The van der Waals surface area contributed by atoms with Gasteiger partial charge in [-0.2, -0.15) is 0 Å². The molecule has 21 heavy (non-hydrogen) atoms. The molecule has 0 aliphatic carbocycles. The third-order valence-corrected chi connectivity index (χ3v) is 4.58. The summed E-state index contributed by atoms with van der Waals surface area (Å²) in [5.41, 5.74) is 0.816. The smallest absolute Gasteiger partial charge is 0.252 e. The minimum absolute atomic E-state index is 0.105. The molecule has 1 amide bonds. The van der Waals surface area contributed by atoms with Gasteiger partial charge < -0.3 is 19.3 Å². The SMILES string of the molecule is CC(C)[C@H]1CCO[C@H]1C(=O)N1CC(c2cc(CO)on2)C1. The van der Waals surface area contributed by atoms with Crippen LogP contribution in [0.15, 0.2) is 10.6 Å². The number of amides is 1. The molecule has 0 aromatic carbocycles. The minimum atomic E-state index is -0.281. The van der Waals surface area contributed by atoms with E-state index >= 15 is 0 Å². The Bertz CT molecular complexity index is 508. The predicted molar refractivity (Wildman–Crippen MR) is 74.4 cm³/mol. The minimum Gasteiger partial charge on any atom is -0.388 e. The Hall–Kier alpha value is -1.40. The van der Waals surface area contributed by atoms with Gasteiger partial charge in [-0.3, -0.25) is 4.79 Å². The number of likely N-dealkylation sites (tertiary alicyclic amines) is 1. The monoisotopic (exact) mass is 294 g/mol. The number of hydrogen-bond donors (Lipinski definition) is 1. The summed E-state index contributed by atoms with van der Waals surface area (Å²) in [5, 5.41) is 12.9. The zero-order valence-corrected chi connectivity index (χ0v) is 12.5. The van der Waals surface area contributed by atoms with Gasteiger partial charge in [-0.15, -0.1) is 0 Å². The summed E-state index contributed by atoms with van der Waals surface area (Å²) in [4.78, 5) is 14.3. The van der Waals surface area contributed by atoms with Crippen LogP contribution in [0.3, 0.4) is 0 Å². The second-order valence-corrected chi connectivity index (χ2v) is 6.30. The van der Waals surface area contributed by atoms with Crippen LogP contribution >= 0.6 is 0 Å². The fourth-order valence-corrected chi connectivity index (χ4v) is 3.16. The van der Waals surface area contributed by atoms with Crippen LogP contribution in [0.4, 0.5) is 0 Å². The third-order valence-electron chi connectivity index (χ3n) is 4.58. The molecular formula is C15H22N2O4. The van der Waals surface area contributed by atoms with E-state index in [0.717, 1.165) is 12.1 Å². The topological polar surface area (TPSA) is 75.8 Å². The van der Waals surface area contributed by atoms with Crippen LogP contribution in [0.1, 0.15) is 37.6 Å². The average molecular weight is 294 g/mol. The summed E-state index contributed by atoms with van der Waals surface area (Å²) < 4.78 is 10.6. The first-order valence-corrected chi connectivity index (χ1v) is 7.57. The highest BCUT2D eigenvalue weighted by atomic mass is 16.5. The van der Waals surface area contributed by atoms with Crippen molar-refractivity contribution >= 4 is 5.91 Å². The highest BCUT2D eigenvalue weighted by molar-refractivity contribution is 5.82. The molecule has 3 heterocycles. The van der Waals surface area contributed by atoms with Crippen LogP contribution < -0.4 is 0 Å². The summed E-state index contributed by atoms with van der Waals surface area (Å²) in [6.07, 6.45) is 0.686. The number of rotatable bonds is 4. The zero-order valence-electron chi connectivity index (χ0n) is 12.5. The largest absolute Gasteiger partial charge is 0.388 e. The van der Waals surface area contributed by atoms with E-state index in [0.29, 0.717) is 37.3 Å². The van der Waals surface area contributed by atoms with Crippen LogP contribution in [0.5, 0.6) is 0 Å². The van der Waals surface area contributed by atoms with E-state index in [1.54, 1.807) is 6.07 Å². The molecule has 6 nitrogen and oxygen atoms in total. The van der Waals surface area contributed by atoms with E-state index in [2.05, 4.69) is 19.0 Å². The molecule has 3 rings (SSSR count). The van der Waals surface area contributed by atoms with Gasteiger partial charge in [0, 0.05) is 31.7 Å². The normalized spacial score (nSPS) is 26.4. The molecular weight excluding hydrogens is 272 g/mol. The van der Waals surface area contributed by atoms with Crippen LogP contribution in [0.2, 0.25) is 0 Å². The number of hydrogen-bond acceptors (Lipinski definition) is 5. The maximum absolute atomic E-state index is 12.5. The molecule has 116 valence electrons. The van der Waals surface area contributed by atoms with Gasteiger partial charge in [0.05, 0.1) is 5.69 Å². The Kier molecular flexibility index (Phi) is 3.99. The van der Waals surface area contributed by atoms with Gasteiger partial charge in [0.25, 0.3) is 5.91 Å². The van der Waals surface area contributed by atoms with Gasteiger partial charge in [0.2, 0.25) is 0 Å². The van der Waals surface area contributed by atoms with Crippen molar-refractivity contribution in [2.75, 3.05) is 19.7 Å². The number of nitrogens with zero attached hydrogens (tertiary/aromatic N) is 2. The summed E-state index contributed by atoms with van der Waals surface area (Å²) in [6.45, 7) is 6.13. The highest BCUT2D eigenvalue weighted by Gasteiger charge is 2.42. The van der Waals surface area contributed by atoms with E-state index in [-0.39, 0.29) is 24.5 Å². The van der Waals surface area contributed by atoms with Crippen molar-refractivity contribution in [2.45, 2.75) is 38.9 Å². The Morgan fingerprint density at radius 3 is 2.90 bits per heavy atom. The van der Waals surface area contributed by atoms with Crippen LogP contribution in [-0.2, 0) is 16.1 Å². The van der Waals surface area contributed by atoms with E-state index in [4.69, 9.17) is 14.4 Å². The molecule has 6 heteroatoms. The van der Waals surface area contributed by atoms with E-state index in [1.807, 2.05) is 4.90 Å². The van der Waals surface area contributed by atoms with Gasteiger partial charge in [0.1, 0.15) is 12.7 Å². The molecule has 0 unspecified atom stereocenters. The highest BCUT2D eigenvalue weighted by Crippen LogP contribution is 2.33. The molecule has 0 spiro atoms. The first kappa shape index (κ1) is 14.5. The Morgan fingerprint density at radius 1 is 1.52 bits per heavy atom. The molecule has 1 aromatic heterocycles. The fraction of sp³-hybridized carbons (Fsp3) is 0.733. The molecule has 2 atom stereocenters. The molecule has 0 bridgehead atoms. The number of aliphatic hydroxyl groups is 1. The lowest BCUT2D eigenvalue weighted by molar-refractivity contribution is -0.148. The summed E-state index contributed by atoms with van der Waals surface area (Å²) >= 11 is 0. The van der Waals surface area contributed by atoms with Gasteiger partial charge >= 0.3 is 0 Å². The van der Waals surface area contributed by atoms with Crippen molar-refractivity contribution in [1.29, 1.82) is 0 Å². The van der Waals surface area contributed by atoms with Crippen LogP contribution in [-0.4, -0.2) is 46.9 Å². The Balaban J connectivity index is 1.57. The molecule has 0 radical (unpaired) electrons. The summed E-state index contributed by atoms with van der Waals surface area (Å²) in [5.74, 6) is 1.56. The molecule has 2 saturated heterocycles. The molecule has 0 saturated carbocycles. The summed E-state index contributed by atoms with van der Waals surface area (Å²) in [7, 11) is 0. The maximum Gasteiger partial charge on any atom is 0.252 e. The molecule has 1 aromatic rings. The van der Waals surface area contributed by atoms with Crippen LogP contribution in [0, 0.1) is 11.8 Å². The van der Waals surface area contributed by atoms with Crippen molar-refractivity contribution in [1.82, 2.24) is 10.1 Å². The van der Waals surface area contributed by atoms with Crippen molar-refractivity contribution < 1.29 is 19.2 Å². The number of aromatic nitrogens is 1. The number of carbonyl (C=O) groups excluding carboxylic acids is 1. The standard InChI is InChI=1S/C15H22N2O4/c1-9(2)12-3-4-20-14(12)15(19)17-6-10(7-17)13-5-11(8-18)21-16-13/h5,9-10,12,14,18H,3-4,6-8H2,1-2H3/t12-,14-/m1/s1. The lowest BCUT2D eigenvalue weighted by Gasteiger charge is -2.40. The third kappa shape index (κ3) is 2.70. The van der Waals surface area contributed by atoms with Gasteiger partial charge in [0.15, 0.2) is 5.76 Å². The molecule has 2 aliphatic rings. The predicted octanol–water partition coefficient (Wildman–Crippen LogP) is 1.15. The molecule has 2 fully saturated rings. The van der Waals surface area contributed by atoms with Gasteiger partial charge in [-0.1, -0.05) is 19.0 Å². The summed E-state index contributed by atoms with van der Waals surface area (Å²) in [6, 6.07) is 1.76. The Labute approximate surface area is 124 Å². The second-order valence-electron chi connectivity index (χ2n) is 6.30. The number of aliphatic hydroxyl groups excluding tert-OH is 1. The maximum atomic E-state index is 12.5. The van der Waals surface area contributed by atoms with Crippen LogP contribution in [0.25, 0.3) is 0 Å². The Morgan fingerprint density at radius 2 is 2.29 bits per heavy atom. The fourth-order valence-electron chi connectivity index (χ4n) is 3.16. The van der Waals surface area contributed by atoms with E-state index in [1.165, 1.54) is 0 Å². The average Bonchev–Trinajstić information content (AvgIpc) is 3.05. The lowest BCUT2D eigenvalue weighted by Crippen LogP contribution is -2.53. The zero-order chi connectivity index (χ0) is 15.0. The second kappa shape index (κ2) is 5.77. The van der Waals surface area contributed by atoms with Gasteiger partial charge in [-0.05, 0) is 18.3 Å². The molecule has 2 aliphatic heterocycles.